The molecule has 0 saturated carbocycles. The number of rotatable bonds is 3. The molecule has 2 aromatic rings. The zero-order chi connectivity index (χ0) is 14.8. The van der Waals surface area contributed by atoms with E-state index in [4.69, 9.17) is 4.98 Å². The summed E-state index contributed by atoms with van der Waals surface area (Å²) in [7, 11) is 0. The standard InChI is InChI=1S/C16H21N3OS/c1-3-4-15(20)18-7-9-19(10-8-18)16-17-13-6-5-12(2)11-14(13)21-16/h5-6,11H,3-4,7-10H2,1-2H3. The van der Waals surface area contributed by atoms with Gasteiger partial charge in [-0.1, -0.05) is 24.3 Å². The van der Waals surface area contributed by atoms with Crippen molar-refractivity contribution in [2.45, 2.75) is 26.7 Å². The van der Waals surface area contributed by atoms with E-state index in [1.807, 2.05) is 4.90 Å². The molecule has 0 unspecified atom stereocenters. The summed E-state index contributed by atoms with van der Waals surface area (Å²) in [6.45, 7) is 7.55. The van der Waals surface area contributed by atoms with Gasteiger partial charge in [0.25, 0.3) is 0 Å². The largest absolute Gasteiger partial charge is 0.345 e. The number of fused-ring (bicyclic) bond motifs is 1. The Hall–Kier alpha value is -1.62. The normalized spacial score (nSPS) is 15.7. The van der Waals surface area contributed by atoms with E-state index in [1.165, 1.54) is 10.3 Å². The van der Waals surface area contributed by atoms with E-state index in [1.54, 1.807) is 11.3 Å². The van der Waals surface area contributed by atoms with Crippen molar-refractivity contribution in [3.05, 3.63) is 23.8 Å². The van der Waals surface area contributed by atoms with Crippen LogP contribution in [0.25, 0.3) is 10.2 Å². The topological polar surface area (TPSA) is 36.4 Å². The number of thiazole rings is 1. The quantitative estimate of drug-likeness (QED) is 0.874. The van der Waals surface area contributed by atoms with Gasteiger partial charge in [-0.2, -0.15) is 0 Å². The third kappa shape index (κ3) is 3.02. The molecule has 2 heterocycles. The highest BCUT2D eigenvalue weighted by Crippen LogP contribution is 2.30. The van der Waals surface area contributed by atoms with Crippen molar-refractivity contribution in [1.82, 2.24) is 9.88 Å². The first-order valence-corrected chi connectivity index (χ1v) is 8.39. The Labute approximate surface area is 129 Å². The van der Waals surface area contributed by atoms with Crippen molar-refractivity contribution < 1.29 is 4.79 Å². The summed E-state index contributed by atoms with van der Waals surface area (Å²) in [5.74, 6) is 0.289. The van der Waals surface area contributed by atoms with Crippen LogP contribution in [-0.4, -0.2) is 42.0 Å². The van der Waals surface area contributed by atoms with Crippen LogP contribution in [0.3, 0.4) is 0 Å². The number of carbonyl (C=O) groups excluding carboxylic acids is 1. The van der Waals surface area contributed by atoms with Gasteiger partial charge in [0.1, 0.15) is 0 Å². The fourth-order valence-electron chi connectivity index (χ4n) is 2.67. The average molecular weight is 303 g/mol. The molecule has 0 spiro atoms. The number of aromatic nitrogens is 1. The monoisotopic (exact) mass is 303 g/mol. The first kappa shape index (κ1) is 14.3. The molecule has 0 bridgehead atoms. The summed E-state index contributed by atoms with van der Waals surface area (Å²) < 4.78 is 1.24. The van der Waals surface area contributed by atoms with E-state index in [0.717, 1.165) is 43.2 Å². The molecule has 112 valence electrons. The Morgan fingerprint density at radius 2 is 2.05 bits per heavy atom. The van der Waals surface area contributed by atoms with Gasteiger partial charge in [-0.15, -0.1) is 0 Å². The Morgan fingerprint density at radius 1 is 1.29 bits per heavy atom. The lowest BCUT2D eigenvalue weighted by atomic mass is 10.2. The maximum atomic E-state index is 11.9. The summed E-state index contributed by atoms with van der Waals surface area (Å²) in [4.78, 5) is 20.9. The van der Waals surface area contributed by atoms with Gasteiger partial charge in [0.05, 0.1) is 10.2 Å². The number of aryl methyl sites for hydroxylation is 1. The van der Waals surface area contributed by atoms with E-state index in [9.17, 15) is 4.79 Å². The minimum Gasteiger partial charge on any atom is -0.345 e. The molecular formula is C16H21N3OS. The molecule has 0 radical (unpaired) electrons. The van der Waals surface area contributed by atoms with Gasteiger partial charge in [0, 0.05) is 32.6 Å². The molecule has 1 saturated heterocycles. The molecule has 1 aliphatic rings. The lowest BCUT2D eigenvalue weighted by Crippen LogP contribution is -2.48. The van der Waals surface area contributed by atoms with Crippen molar-refractivity contribution in [2.24, 2.45) is 0 Å². The van der Waals surface area contributed by atoms with Gasteiger partial charge in [0.15, 0.2) is 5.13 Å². The van der Waals surface area contributed by atoms with Crippen LogP contribution in [0.5, 0.6) is 0 Å². The van der Waals surface area contributed by atoms with Crippen LogP contribution in [0.4, 0.5) is 5.13 Å². The number of hydrogen-bond acceptors (Lipinski definition) is 4. The van der Waals surface area contributed by atoms with Crippen LogP contribution < -0.4 is 4.90 Å². The number of nitrogens with zero attached hydrogens (tertiary/aromatic N) is 3. The summed E-state index contributed by atoms with van der Waals surface area (Å²) in [6, 6.07) is 6.39. The van der Waals surface area contributed by atoms with Gasteiger partial charge < -0.3 is 9.80 Å². The smallest absolute Gasteiger partial charge is 0.222 e. The molecule has 1 aromatic heterocycles. The minimum absolute atomic E-state index is 0.289. The molecule has 21 heavy (non-hydrogen) atoms. The minimum atomic E-state index is 0.289. The highest BCUT2D eigenvalue weighted by Gasteiger charge is 2.22. The van der Waals surface area contributed by atoms with Crippen LogP contribution in [-0.2, 0) is 4.79 Å². The van der Waals surface area contributed by atoms with Crippen molar-refractivity contribution in [3.63, 3.8) is 0 Å². The van der Waals surface area contributed by atoms with Crippen molar-refractivity contribution in [1.29, 1.82) is 0 Å². The van der Waals surface area contributed by atoms with Crippen molar-refractivity contribution in [2.75, 3.05) is 31.1 Å². The second kappa shape index (κ2) is 6.02. The van der Waals surface area contributed by atoms with Gasteiger partial charge in [-0.3, -0.25) is 4.79 Å². The molecule has 1 aliphatic heterocycles. The van der Waals surface area contributed by atoms with Crippen LogP contribution in [0.1, 0.15) is 25.3 Å². The lowest BCUT2D eigenvalue weighted by molar-refractivity contribution is -0.131. The maximum absolute atomic E-state index is 11.9. The highest BCUT2D eigenvalue weighted by molar-refractivity contribution is 7.22. The number of anilines is 1. The molecule has 1 amide bonds. The molecule has 0 atom stereocenters. The number of piperazine rings is 1. The highest BCUT2D eigenvalue weighted by atomic mass is 32.1. The van der Waals surface area contributed by atoms with E-state index in [0.29, 0.717) is 6.42 Å². The predicted octanol–water partition coefficient (Wildman–Crippen LogP) is 3.05. The molecule has 3 rings (SSSR count). The zero-order valence-electron chi connectivity index (χ0n) is 12.6. The van der Waals surface area contributed by atoms with E-state index >= 15 is 0 Å². The zero-order valence-corrected chi connectivity index (χ0v) is 13.4. The van der Waals surface area contributed by atoms with Gasteiger partial charge in [0.2, 0.25) is 5.91 Å². The third-order valence-electron chi connectivity index (χ3n) is 3.90. The van der Waals surface area contributed by atoms with Crippen LogP contribution >= 0.6 is 11.3 Å². The Bertz CT molecular complexity index is 644. The first-order chi connectivity index (χ1) is 10.2. The van der Waals surface area contributed by atoms with Crippen LogP contribution in [0, 0.1) is 6.92 Å². The molecule has 1 fully saturated rings. The molecule has 4 nitrogen and oxygen atoms in total. The van der Waals surface area contributed by atoms with Crippen molar-refractivity contribution >= 4 is 32.6 Å². The first-order valence-electron chi connectivity index (χ1n) is 7.57. The van der Waals surface area contributed by atoms with E-state index in [-0.39, 0.29) is 5.91 Å². The van der Waals surface area contributed by atoms with Crippen LogP contribution in [0.2, 0.25) is 0 Å². The predicted molar refractivity (Wildman–Crippen MR) is 88.1 cm³/mol. The average Bonchev–Trinajstić information content (AvgIpc) is 2.90. The summed E-state index contributed by atoms with van der Waals surface area (Å²) in [5.41, 5.74) is 2.35. The van der Waals surface area contributed by atoms with Gasteiger partial charge in [-0.25, -0.2) is 4.98 Å². The van der Waals surface area contributed by atoms with E-state index in [2.05, 4.69) is 36.9 Å². The van der Waals surface area contributed by atoms with Gasteiger partial charge >= 0.3 is 0 Å². The second-order valence-corrected chi connectivity index (χ2v) is 6.59. The van der Waals surface area contributed by atoms with Gasteiger partial charge in [-0.05, 0) is 31.0 Å². The lowest BCUT2D eigenvalue weighted by Gasteiger charge is -2.34. The molecular weight excluding hydrogens is 282 g/mol. The molecule has 0 N–H and O–H groups in total. The molecule has 0 aliphatic carbocycles. The van der Waals surface area contributed by atoms with Crippen LogP contribution in [0.15, 0.2) is 18.2 Å². The number of benzene rings is 1. The number of amides is 1. The van der Waals surface area contributed by atoms with Crippen molar-refractivity contribution in [3.8, 4) is 0 Å². The number of carbonyl (C=O) groups is 1. The summed E-state index contributed by atoms with van der Waals surface area (Å²) >= 11 is 1.75. The molecule has 1 aromatic carbocycles. The SMILES string of the molecule is CCCC(=O)N1CCN(c2nc3ccc(C)cc3s2)CC1. The summed E-state index contributed by atoms with van der Waals surface area (Å²) in [6.07, 6.45) is 1.59. The van der Waals surface area contributed by atoms with E-state index < -0.39 is 0 Å². The Kier molecular flexibility index (Phi) is 4.10. The maximum Gasteiger partial charge on any atom is 0.222 e. The second-order valence-electron chi connectivity index (χ2n) is 5.59. The third-order valence-corrected chi connectivity index (χ3v) is 4.98. The fraction of sp³-hybridized carbons (Fsp3) is 0.500. The number of hydrogen-bond donors (Lipinski definition) is 0. The fourth-order valence-corrected chi connectivity index (χ4v) is 3.79. The Balaban J connectivity index is 1.69. The molecule has 5 heteroatoms. The Morgan fingerprint density at radius 3 is 2.76 bits per heavy atom. The summed E-state index contributed by atoms with van der Waals surface area (Å²) in [5, 5.41) is 1.08.